The lowest BCUT2D eigenvalue weighted by Gasteiger charge is -2.20. The number of benzene rings is 1. The number of likely N-dealkylation sites (tertiary alicyclic amines) is 1. The summed E-state index contributed by atoms with van der Waals surface area (Å²) in [4.78, 5) is 2.31. The fraction of sp³-hybridized carbons (Fsp3) is 0.500. The quantitative estimate of drug-likeness (QED) is 0.279. The van der Waals surface area contributed by atoms with Crippen molar-refractivity contribution < 1.29 is 9.13 Å². The van der Waals surface area contributed by atoms with Gasteiger partial charge in [0.2, 0.25) is 0 Å². The lowest BCUT2D eigenvalue weighted by Crippen LogP contribution is -2.26. The highest BCUT2D eigenvalue weighted by Gasteiger charge is 2.24. The largest absolute Gasteiger partial charge is 0.489 e. The van der Waals surface area contributed by atoms with Gasteiger partial charge in [0.15, 0.2) is 0 Å². The first-order chi connectivity index (χ1) is 17.2. The maximum absolute atomic E-state index is 12.5. The number of nitrogens with zero attached hydrogens (tertiary/aromatic N) is 1. The maximum atomic E-state index is 12.5. The molecule has 3 rings (SSSR count). The van der Waals surface area contributed by atoms with Gasteiger partial charge in [0.05, 0.1) is 6.67 Å². The van der Waals surface area contributed by atoms with Gasteiger partial charge in [-0.25, -0.2) is 0 Å². The van der Waals surface area contributed by atoms with Gasteiger partial charge in [-0.15, -0.1) is 0 Å². The van der Waals surface area contributed by atoms with E-state index in [9.17, 15) is 4.39 Å². The molecule has 190 valence electrons. The predicted octanol–water partition coefficient (Wildman–Crippen LogP) is 8.63. The number of rotatable bonds is 12. The molecule has 1 heterocycles. The Morgan fingerprint density at radius 1 is 1.14 bits per heavy atom. The molecule has 35 heavy (non-hydrogen) atoms. The van der Waals surface area contributed by atoms with Crippen molar-refractivity contribution in [2.45, 2.75) is 77.7 Å². The van der Waals surface area contributed by atoms with Crippen LogP contribution in [0.25, 0.3) is 5.57 Å². The molecule has 1 saturated heterocycles. The van der Waals surface area contributed by atoms with Crippen molar-refractivity contribution in [1.29, 1.82) is 0 Å². The van der Waals surface area contributed by atoms with Gasteiger partial charge in [-0.2, -0.15) is 0 Å². The number of alkyl halides is 1. The molecule has 1 aliphatic heterocycles. The van der Waals surface area contributed by atoms with Gasteiger partial charge in [0, 0.05) is 19.6 Å². The van der Waals surface area contributed by atoms with E-state index in [0.717, 1.165) is 63.9 Å². The summed E-state index contributed by atoms with van der Waals surface area (Å²) in [6.07, 6.45) is 20.6. The van der Waals surface area contributed by atoms with Crippen molar-refractivity contribution in [3.63, 3.8) is 0 Å². The zero-order valence-electron chi connectivity index (χ0n) is 21.9. The van der Waals surface area contributed by atoms with Gasteiger partial charge in [-0.3, -0.25) is 9.29 Å². The van der Waals surface area contributed by atoms with Crippen LogP contribution < -0.4 is 4.74 Å². The lowest BCUT2D eigenvalue weighted by atomic mass is 9.86. The molecule has 0 aromatic heterocycles. The van der Waals surface area contributed by atoms with E-state index in [4.69, 9.17) is 4.74 Å². The van der Waals surface area contributed by atoms with E-state index in [1.807, 2.05) is 12.2 Å². The lowest BCUT2D eigenvalue weighted by molar-refractivity contribution is 0.198. The standard InChI is InChI=1S/C32H44FNO/c1-4-7-8-14-27-15-9-10-16-31(26(12-5-2)13-6-3)32(27)28-17-19-29(20-18-28)35-30-21-24-34(25-30)23-11-22-33/h4,7-8,12,14,17-20,30H,1,5-6,9-11,13,15-16,21-25H2,2-3H3/b8-7-,26-12+,27-14+/t30-/m0/s1. The summed E-state index contributed by atoms with van der Waals surface area (Å²) < 4.78 is 18.8. The molecule has 2 aliphatic rings. The number of hydrogen-bond acceptors (Lipinski definition) is 2. The van der Waals surface area contributed by atoms with E-state index in [1.54, 1.807) is 0 Å². The van der Waals surface area contributed by atoms with E-state index in [2.05, 4.69) is 67.8 Å². The molecule has 1 aromatic rings. The molecule has 0 spiro atoms. The highest BCUT2D eigenvalue weighted by atomic mass is 19.1. The minimum Gasteiger partial charge on any atom is -0.489 e. The van der Waals surface area contributed by atoms with Crippen molar-refractivity contribution in [3.05, 3.63) is 83.5 Å². The van der Waals surface area contributed by atoms with Crippen molar-refractivity contribution >= 4 is 5.57 Å². The van der Waals surface area contributed by atoms with E-state index in [1.165, 1.54) is 40.7 Å². The number of ether oxygens (including phenoxy) is 1. The molecule has 3 heteroatoms. The first kappa shape index (κ1) is 27.2. The van der Waals surface area contributed by atoms with E-state index in [0.29, 0.717) is 6.42 Å². The Kier molecular flexibility index (Phi) is 11.6. The third kappa shape index (κ3) is 8.07. The second kappa shape index (κ2) is 14.9. The van der Waals surface area contributed by atoms with Crippen LogP contribution in [-0.2, 0) is 0 Å². The number of halogens is 1. The Labute approximate surface area is 212 Å². The Bertz CT molecular complexity index is 921. The molecular weight excluding hydrogens is 433 g/mol. The van der Waals surface area contributed by atoms with Gasteiger partial charge in [0.1, 0.15) is 11.9 Å². The minimum atomic E-state index is -0.242. The first-order valence-electron chi connectivity index (χ1n) is 13.7. The SMILES string of the molecule is C=C/C=C\C=C1/CCCCC(C(=C/CC)/CCC)=C1c1ccc(O[C@H]2CCN(CCCF)C2)cc1. The Balaban J connectivity index is 1.90. The van der Waals surface area contributed by atoms with Gasteiger partial charge in [-0.1, -0.05) is 69.4 Å². The third-order valence-electron chi connectivity index (χ3n) is 6.93. The monoisotopic (exact) mass is 477 g/mol. The van der Waals surface area contributed by atoms with E-state index >= 15 is 0 Å². The van der Waals surface area contributed by atoms with Crippen LogP contribution in [0.15, 0.2) is 77.9 Å². The van der Waals surface area contributed by atoms with Crippen LogP contribution in [-0.4, -0.2) is 37.3 Å². The highest BCUT2D eigenvalue weighted by Crippen LogP contribution is 2.40. The molecule has 1 fully saturated rings. The second-order valence-corrected chi connectivity index (χ2v) is 9.66. The van der Waals surface area contributed by atoms with Crippen LogP contribution in [0.5, 0.6) is 5.75 Å². The fourth-order valence-corrected chi connectivity index (χ4v) is 5.32. The smallest absolute Gasteiger partial charge is 0.119 e. The van der Waals surface area contributed by atoms with Crippen LogP contribution in [0.1, 0.15) is 77.2 Å². The molecule has 0 saturated carbocycles. The zero-order valence-corrected chi connectivity index (χ0v) is 21.9. The van der Waals surface area contributed by atoms with Crippen molar-refractivity contribution in [2.75, 3.05) is 26.3 Å². The Morgan fingerprint density at radius 2 is 1.94 bits per heavy atom. The molecule has 0 radical (unpaired) electrons. The first-order valence-corrected chi connectivity index (χ1v) is 13.7. The predicted molar refractivity (Wildman–Crippen MR) is 149 cm³/mol. The minimum absolute atomic E-state index is 0.191. The van der Waals surface area contributed by atoms with Crippen LogP contribution in [0.3, 0.4) is 0 Å². The van der Waals surface area contributed by atoms with Crippen molar-refractivity contribution in [1.82, 2.24) is 4.90 Å². The van der Waals surface area contributed by atoms with Crippen molar-refractivity contribution in [3.8, 4) is 5.75 Å². The molecule has 2 nitrogen and oxygen atoms in total. The summed E-state index contributed by atoms with van der Waals surface area (Å²) in [6.45, 7) is 10.8. The topological polar surface area (TPSA) is 12.5 Å². The molecule has 0 amide bonds. The number of allylic oxidation sites excluding steroid dienone is 9. The highest BCUT2D eigenvalue weighted by molar-refractivity contribution is 5.84. The van der Waals surface area contributed by atoms with Gasteiger partial charge in [0.25, 0.3) is 0 Å². The number of hydrogen-bond donors (Lipinski definition) is 0. The molecule has 1 aromatic carbocycles. The maximum Gasteiger partial charge on any atom is 0.119 e. The summed E-state index contributed by atoms with van der Waals surface area (Å²) in [5.41, 5.74) is 7.15. The average Bonchev–Trinajstić information content (AvgIpc) is 3.20. The van der Waals surface area contributed by atoms with Crippen LogP contribution in [0.4, 0.5) is 4.39 Å². The summed E-state index contributed by atoms with van der Waals surface area (Å²) in [6, 6.07) is 8.75. The molecule has 0 N–H and O–H groups in total. The van der Waals surface area contributed by atoms with Crippen LogP contribution >= 0.6 is 0 Å². The molecule has 0 unspecified atom stereocenters. The molecule has 1 atom stereocenters. The zero-order chi connectivity index (χ0) is 24.9. The summed E-state index contributed by atoms with van der Waals surface area (Å²) in [5, 5.41) is 0. The summed E-state index contributed by atoms with van der Waals surface area (Å²) in [5.74, 6) is 0.928. The van der Waals surface area contributed by atoms with E-state index < -0.39 is 0 Å². The summed E-state index contributed by atoms with van der Waals surface area (Å²) >= 11 is 0. The van der Waals surface area contributed by atoms with Gasteiger partial charge in [-0.05, 0) is 91.4 Å². The molecular formula is C32H44FNO. The van der Waals surface area contributed by atoms with Gasteiger partial charge < -0.3 is 4.74 Å². The van der Waals surface area contributed by atoms with E-state index in [-0.39, 0.29) is 12.8 Å². The average molecular weight is 478 g/mol. The Morgan fingerprint density at radius 3 is 2.66 bits per heavy atom. The van der Waals surface area contributed by atoms with Crippen molar-refractivity contribution in [2.24, 2.45) is 0 Å². The Hall–Kier alpha value is -2.39. The fourth-order valence-electron chi connectivity index (χ4n) is 5.32. The van der Waals surface area contributed by atoms with Crippen LogP contribution in [0.2, 0.25) is 0 Å². The van der Waals surface area contributed by atoms with Crippen LogP contribution in [0, 0.1) is 0 Å². The third-order valence-corrected chi connectivity index (χ3v) is 6.93. The second-order valence-electron chi connectivity index (χ2n) is 9.66. The molecule has 0 bridgehead atoms. The molecule has 1 aliphatic carbocycles. The normalized spacial score (nSPS) is 21.2. The van der Waals surface area contributed by atoms with Gasteiger partial charge >= 0.3 is 0 Å². The summed E-state index contributed by atoms with van der Waals surface area (Å²) in [7, 11) is 0.